The van der Waals surface area contributed by atoms with Gasteiger partial charge in [-0.05, 0) is 5.16 Å². The number of aromatic nitrogens is 2. The lowest BCUT2D eigenvalue weighted by atomic mass is 10.4. The Morgan fingerprint density at radius 3 is 3.08 bits per heavy atom. The highest BCUT2D eigenvalue weighted by Gasteiger charge is 2.09. The quantitative estimate of drug-likeness (QED) is 0.582. The maximum atomic E-state index is 11.0. The van der Waals surface area contributed by atoms with E-state index in [-0.39, 0.29) is 18.8 Å². The Bertz CT molecular complexity index is 385. The van der Waals surface area contributed by atoms with E-state index in [2.05, 4.69) is 20.0 Å². The zero-order valence-corrected chi connectivity index (χ0v) is 6.53. The van der Waals surface area contributed by atoms with Crippen molar-refractivity contribution < 1.29 is 9.32 Å². The molecule has 1 aromatic rings. The molecule has 0 aliphatic heterocycles. The molecule has 0 radical (unpaired) electrons. The molecule has 0 aliphatic carbocycles. The van der Waals surface area contributed by atoms with Crippen LogP contribution in [0.1, 0.15) is 17.0 Å². The molecular weight excluding hydrogens is 176 g/mol. The van der Waals surface area contributed by atoms with Gasteiger partial charge in [-0.2, -0.15) is 5.26 Å². The molecule has 0 fully saturated rings. The van der Waals surface area contributed by atoms with Crippen molar-refractivity contribution in [2.45, 2.75) is 6.42 Å². The van der Waals surface area contributed by atoms with E-state index in [1.165, 1.54) is 0 Å². The van der Waals surface area contributed by atoms with Crippen LogP contribution in [0.15, 0.2) is 9.32 Å². The SMILES string of the molecule is N#CCCNC(=O)c1noc(=O)[nH]1. The van der Waals surface area contributed by atoms with Crippen LogP contribution in [0.4, 0.5) is 0 Å². The van der Waals surface area contributed by atoms with Gasteiger partial charge in [-0.25, -0.2) is 4.79 Å². The predicted molar refractivity (Wildman–Crippen MR) is 39.7 cm³/mol. The van der Waals surface area contributed by atoms with Gasteiger partial charge in [-0.3, -0.25) is 14.3 Å². The molecule has 0 saturated carbocycles. The van der Waals surface area contributed by atoms with Crippen molar-refractivity contribution in [2.24, 2.45) is 0 Å². The summed E-state index contributed by atoms with van der Waals surface area (Å²) in [5.41, 5.74) is 0. The van der Waals surface area contributed by atoms with Crippen LogP contribution in [0.25, 0.3) is 0 Å². The second-order valence-electron chi connectivity index (χ2n) is 2.11. The summed E-state index contributed by atoms with van der Waals surface area (Å²) in [5.74, 6) is -1.55. The van der Waals surface area contributed by atoms with Crippen molar-refractivity contribution in [3.05, 3.63) is 16.4 Å². The van der Waals surface area contributed by atoms with Crippen molar-refractivity contribution >= 4 is 5.91 Å². The number of H-pyrrole nitrogens is 1. The number of amides is 1. The first kappa shape index (κ1) is 8.99. The highest BCUT2D eigenvalue weighted by atomic mass is 16.5. The fourth-order valence-electron chi connectivity index (χ4n) is 0.643. The zero-order chi connectivity index (χ0) is 9.68. The highest BCUT2D eigenvalue weighted by Crippen LogP contribution is 1.83. The summed E-state index contributed by atoms with van der Waals surface area (Å²) in [7, 11) is 0. The number of rotatable bonds is 3. The van der Waals surface area contributed by atoms with Crippen LogP contribution in [-0.2, 0) is 0 Å². The molecule has 1 amide bonds. The van der Waals surface area contributed by atoms with E-state index >= 15 is 0 Å². The number of carbonyl (C=O) groups is 1. The van der Waals surface area contributed by atoms with Gasteiger partial charge in [-0.15, -0.1) is 0 Å². The maximum absolute atomic E-state index is 11.0. The second-order valence-corrected chi connectivity index (χ2v) is 2.11. The Labute approximate surface area is 72.3 Å². The molecule has 68 valence electrons. The average molecular weight is 182 g/mol. The second kappa shape index (κ2) is 4.06. The number of aromatic amines is 1. The van der Waals surface area contributed by atoms with Gasteiger partial charge in [0.2, 0.25) is 5.82 Å². The number of nitriles is 1. The summed E-state index contributed by atoms with van der Waals surface area (Å²) >= 11 is 0. The minimum atomic E-state index is -0.787. The van der Waals surface area contributed by atoms with E-state index < -0.39 is 11.7 Å². The van der Waals surface area contributed by atoms with E-state index in [0.717, 1.165) is 0 Å². The molecule has 0 unspecified atom stereocenters. The van der Waals surface area contributed by atoms with Crippen molar-refractivity contribution in [3.63, 3.8) is 0 Å². The van der Waals surface area contributed by atoms with Gasteiger partial charge in [0.1, 0.15) is 0 Å². The smallest absolute Gasteiger partial charge is 0.348 e. The summed E-state index contributed by atoms with van der Waals surface area (Å²) < 4.78 is 4.10. The van der Waals surface area contributed by atoms with E-state index in [0.29, 0.717) is 0 Å². The third-order valence-electron chi connectivity index (χ3n) is 1.18. The number of hydrogen-bond donors (Lipinski definition) is 2. The molecular formula is C6H6N4O3. The minimum absolute atomic E-state index is 0.192. The molecule has 0 saturated heterocycles. The monoisotopic (exact) mass is 182 g/mol. The van der Waals surface area contributed by atoms with Gasteiger partial charge in [0, 0.05) is 6.54 Å². The average Bonchev–Trinajstić information content (AvgIpc) is 2.52. The van der Waals surface area contributed by atoms with E-state index in [4.69, 9.17) is 5.26 Å². The first-order valence-corrected chi connectivity index (χ1v) is 3.45. The molecule has 0 atom stereocenters. The van der Waals surface area contributed by atoms with Crippen molar-refractivity contribution in [3.8, 4) is 6.07 Å². The Hall–Kier alpha value is -2.10. The molecule has 13 heavy (non-hydrogen) atoms. The largest absolute Gasteiger partial charge is 0.439 e. The van der Waals surface area contributed by atoms with Crippen LogP contribution >= 0.6 is 0 Å². The molecule has 0 aliphatic rings. The Balaban J connectivity index is 2.50. The molecule has 0 bridgehead atoms. The van der Waals surface area contributed by atoms with E-state index in [1.54, 1.807) is 0 Å². The lowest BCUT2D eigenvalue weighted by molar-refractivity contribution is 0.0941. The van der Waals surface area contributed by atoms with Gasteiger partial charge in [-0.1, -0.05) is 0 Å². The normalized spacial score (nSPS) is 9.15. The molecule has 1 aromatic heterocycles. The van der Waals surface area contributed by atoms with E-state index in [9.17, 15) is 9.59 Å². The highest BCUT2D eigenvalue weighted by molar-refractivity contribution is 5.90. The van der Waals surface area contributed by atoms with Gasteiger partial charge in [0.25, 0.3) is 5.91 Å². The molecule has 0 spiro atoms. The van der Waals surface area contributed by atoms with Gasteiger partial charge in [0.05, 0.1) is 12.5 Å². The van der Waals surface area contributed by atoms with Gasteiger partial charge < -0.3 is 5.32 Å². The fraction of sp³-hybridized carbons (Fsp3) is 0.333. The summed E-state index contributed by atoms with van der Waals surface area (Å²) in [6.07, 6.45) is 0.202. The van der Waals surface area contributed by atoms with E-state index in [1.807, 2.05) is 6.07 Å². The standard InChI is InChI=1S/C6H6N4O3/c7-2-1-3-8-5(11)4-9-6(12)13-10-4/h1,3H2,(H,8,11)(H,9,10,12). The molecule has 1 heterocycles. The first-order valence-electron chi connectivity index (χ1n) is 3.45. The third-order valence-corrected chi connectivity index (χ3v) is 1.18. The Kier molecular flexibility index (Phi) is 2.81. The molecule has 2 N–H and O–H groups in total. The zero-order valence-electron chi connectivity index (χ0n) is 6.53. The maximum Gasteiger partial charge on any atom is 0.439 e. The van der Waals surface area contributed by atoms with Gasteiger partial charge in [0.15, 0.2) is 0 Å². The topological polar surface area (TPSA) is 112 Å². The lowest BCUT2D eigenvalue weighted by Crippen LogP contribution is -2.25. The number of hydrogen-bond acceptors (Lipinski definition) is 5. The number of nitrogens with zero attached hydrogens (tertiary/aromatic N) is 2. The number of carbonyl (C=O) groups excluding carboxylic acids is 1. The predicted octanol–water partition coefficient (Wildman–Crippen LogP) is -0.994. The molecule has 7 nitrogen and oxygen atoms in total. The summed E-state index contributed by atoms with van der Waals surface area (Å²) in [5, 5.41) is 13.7. The molecule has 7 heteroatoms. The van der Waals surface area contributed by atoms with Crippen LogP contribution in [0.3, 0.4) is 0 Å². The lowest BCUT2D eigenvalue weighted by Gasteiger charge is -1.95. The van der Waals surface area contributed by atoms with Crippen LogP contribution in [-0.4, -0.2) is 22.6 Å². The Morgan fingerprint density at radius 1 is 1.77 bits per heavy atom. The first-order chi connectivity index (χ1) is 6.24. The van der Waals surface area contributed by atoms with Crippen LogP contribution in [0.2, 0.25) is 0 Å². The minimum Gasteiger partial charge on any atom is -0.348 e. The van der Waals surface area contributed by atoms with Crippen molar-refractivity contribution in [1.82, 2.24) is 15.5 Å². The van der Waals surface area contributed by atoms with Crippen molar-refractivity contribution in [1.29, 1.82) is 5.26 Å². The molecule has 1 rings (SSSR count). The third kappa shape index (κ3) is 2.44. The Morgan fingerprint density at radius 2 is 2.54 bits per heavy atom. The molecule has 0 aromatic carbocycles. The summed E-state index contributed by atoms with van der Waals surface area (Å²) in [6, 6.07) is 1.85. The van der Waals surface area contributed by atoms with Gasteiger partial charge >= 0.3 is 5.76 Å². The summed E-state index contributed by atoms with van der Waals surface area (Å²) in [6.45, 7) is 0.213. The number of nitrogens with one attached hydrogen (secondary N) is 2. The van der Waals surface area contributed by atoms with Crippen LogP contribution < -0.4 is 11.1 Å². The summed E-state index contributed by atoms with van der Waals surface area (Å²) in [4.78, 5) is 23.5. The van der Waals surface area contributed by atoms with Crippen LogP contribution in [0, 0.1) is 11.3 Å². The fourth-order valence-corrected chi connectivity index (χ4v) is 0.643. The van der Waals surface area contributed by atoms with Crippen LogP contribution in [0.5, 0.6) is 0 Å². The van der Waals surface area contributed by atoms with Crippen molar-refractivity contribution in [2.75, 3.05) is 6.54 Å².